The van der Waals surface area contributed by atoms with Gasteiger partial charge in [-0.05, 0) is 19.1 Å². The SMILES string of the molecule is CC(=O)OC(C)(C(=O)Nc1ccc([N+](=O)[O-])c(C(F)(F)F)c1)C(F)(F)F. The summed E-state index contributed by atoms with van der Waals surface area (Å²) in [6.07, 6.45) is -10.6. The number of nitrogens with zero attached hydrogens (tertiary/aromatic N) is 1. The molecule has 1 N–H and O–H groups in total. The van der Waals surface area contributed by atoms with Crippen molar-refractivity contribution < 1.29 is 45.6 Å². The molecule has 26 heavy (non-hydrogen) atoms. The Morgan fingerprint density at radius 1 is 1.15 bits per heavy atom. The number of carbonyl (C=O) groups excluding carboxylic acids is 2. The van der Waals surface area contributed by atoms with E-state index in [9.17, 15) is 46.0 Å². The molecule has 0 aliphatic heterocycles. The number of nitrogens with one attached hydrogen (secondary N) is 1. The van der Waals surface area contributed by atoms with Crippen molar-refractivity contribution in [2.75, 3.05) is 5.32 Å². The third-order valence-electron chi connectivity index (χ3n) is 3.08. The van der Waals surface area contributed by atoms with Crippen molar-refractivity contribution in [2.24, 2.45) is 0 Å². The number of amides is 1. The lowest BCUT2D eigenvalue weighted by Gasteiger charge is -2.29. The second kappa shape index (κ2) is 6.80. The molecule has 0 spiro atoms. The van der Waals surface area contributed by atoms with E-state index in [1.807, 2.05) is 0 Å². The molecule has 1 unspecified atom stereocenters. The molecule has 0 aromatic heterocycles. The van der Waals surface area contributed by atoms with Crippen molar-refractivity contribution in [2.45, 2.75) is 31.8 Å². The summed E-state index contributed by atoms with van der Waals surface area (Å²) in [5.74, 6) is -3.44. The van der Waals surface area contributed by atoms with Gasteiger partial charge in [0.1, 0.15) is 5.56 Å². The quantitative estimate of drug-likeness (QED) is 0.369. The van der Waals surface area contributed by atoms with Gasteiger partial charge in [0.2, 0.25) is 0 Å². The summed E-state index contributed by atoms with van der Waals surface area (Å²) in [4.78, 5) is 32.0. The monoisotopic (exact) mass is 388 g/mol. The minimum Gasteiger partial charge on any atom is -0.439 e. The van der Waals surface area contributed by atoms with Gasteiger partial charge in [-0.15, -0.1) is 0 Å². The Hall–Kier alpha value is -2.86. The number of hydrogen-bond acceptors (Lipinski definition) is 5. The predicted molar refractivity (Wildman–Crippen MR) is 73.0 cm³/mol. The van der Waals surface area contributed by atoms with Gasteiger partial charge in [0.15, 0.2) is 0 Å². The van der Waals surface area contributed by atoms with E-state index in [1.165, 1.54) is 5.32 Å². The van der Waals surface area contributed by atoms with Gasteiger partial charge in [-0.3, -0.25) is 19.7 Å². The molecular formula is C13H10F6N2O5. The van der Waals surface area contributed by atoms with E-state index in [0.29, 0.717) is 19.1 Å². The molecule has 0 saturated carbocycles. The molecule has 0 heterocycles. The number of nitro groups is 1. The van der Waals surface area contributed by atoms with Crippen LogP contribution in [0.2, 0.25) is 0 Å². The molecule has 0 bridgehead atoms. The maximum Gasteiger partial charge on any atom is 0.437 e. The molecule has 7 nitrogen and oxygen atoms in total. The van der Waals surface area contributed by atoms with Crippen LogP contribution in [-0.2, 0) is 20.5 Å². The van der Waals surface area contributed by atoms with E-state index in [0.717, 1.165) is 0 Å². The van der Waals surface area contributed by atoms with Crippen LogP contribution in [0, 0.1) is 10.1 Å². The number of esters is 1. The van der Waals surface area contributed by atoms with Crippen molar-refractivity contribution >= 4 is 23.3 Å². The predicted octanol–water partition coefficient (Wildman–Crippen LogP) is 3.44. The standard InChI is InChI=1S/C13H10F6N2O5/c1-6(22)26-11(2,13(17,18)19)10(23)20-7-3-4-9(21(24)25)8(5-7)12(14,15)16/h3-5H,1-2H3,(H,20,23). The zero-order chi connectivity index (χ0) is 20.5. The van der Waals surface area contributed by atoms with Crippen LogP contribution in [0.4, 0.5) is 37.7 Å². The molecule has 1 rings (SSSR count). The maximum absolute atomic E-state index is 13.0. The van der Waals surface area contributed by atoms with Gasteiger partial charge in [-0.25, -0.2) is 0 Å². The number of ether oxygens (including phenoxy) is 1. The molecule has 1 aromatic rings. The van der Waals surface area contributed by atoms with Gasteiger partial charge in [0, 0.05) is 18.7 Å². The summed E-state index contributed by atoms with van der Waals surface area (Å²) < 4.78 is 81.7. The van der Waals surface area contributed by atoms with E-state index < -0.39 is 51.7 Å². The van der Waals surface area contributed by atoms with E-state index in [-0.39, 0.29) is 13.0 Å². The molecular weight excluding hydrogens is 378 g/mol. The van der Waals surface area contributed by atoms with Crippen molar-refractivity contribution in [3.05, 3.63) is 33.9 Å². The van der Waals surface area contributed by atoms with E-state index in [2.05, 4.69) is 4.74 Å². The highest BCUT2D eigenvalue weighted by atomic mass is 19.4. The number of rotatable bonds is 4. The average Bonchev–Trinajstić information content (AvgIpc) is 2.43. The summed E-state index contributed by atoms with van der Waals surface area (Å²) in [7, 11) is 0. The highest BCUT2D eigenvalue weighted by Gasteiger charge is 2.60. The van der Waals surface area contributed by atoms with Crippen LogP contribution < -0.4 is 5.32 Å². The number of nitro benzene ring substituents is 1. The molecule has 0 radical (unpaired) electrons. The second-order valence-electron chi connectivity index (χ2n) is 5.07. The van der Waals surface area contributed by atoms with E-state index in [4.69, 9.17) is 0 Å². The minimum absolute atomic E-state index is 0.0978. The maximum atomic E-state index is 13.0. The van der Waals surface area contributed by atoms with Gasteiger partial charge in [-0.1, -0.05) is 0 Å². The number of alkyl halides is 6. The highest BCUT2D eigenvalue weighted by molar-refractivity contribution is 5.99. The van der Waals surface area contributed by atoms with Crippen LogP contribution >= 0.6 is 0 Å². The van der Waals surface area contributed by atoms with Gasteiger partial charge < -0.3 is 10.1 Å². The van der Waals surface area contributed by atoms with Gasteiger partial charge in [0.25, 0.3) is 17.2 Å². The largest absolute Gasteiger partial charge is 0.439 e. The summed E-state index contributed by atoms with van der Waals surface area (Å²) in [5, 5.41) is 12.1. The summed E-state index contributed by atoms with van der Waals surface area (Å²) in [6.45, 7) is 0.810. The lowest BCUT2D eigenvalue weighted by molar-refractivity contribution is -0.388. The minimum atomic E-state index is -5.38. The fourth-order valence-corrected chi connectivity index (χ4v) is 1.77. The summed E-state index contributed by atoms with van der Waals surface area (Å²) in [6, 6.07) is 1.08. The molecule has 1 aromatic carbocycles. The van der Waals surface area contributed by atoms with Gasteiger partial charge in [0.05, 0.1) is 4.92 Å². The van der Waals surface area contributed by atoms with Crippen LogP contribution in [-0.4, -0.2) is 28.6 Å². The van der Waals surface area contributed by atoms with Gasteiger partial charge >= 0.3 is 18.3 Å². The van der Waals surface area contributed by atoms with Crippen LogP contribution in [0.5, 0.6) is 0 Å². The van der Waals surface area contributed by atoms with Crippen molar-refractivity contribution in [1.82, 2.24) is 0 Å². The second-order valence-corrected chi connectivity index (χ2v) is 5.07. The van der Waals surface area contributed by atoms with Crippen molar-refractivity contribution in [3.63, 3.8) is 0 Å². The Balaban J connectivity index is 3.31. The lowest BCUT2D eigenvalue weighted by Crippen LogP contribution is -2.55. The van der Waals surface area contributed by atoms with Crippen molar-refractivity contribution in [3.8, 4) is 0 Å². The summed E-state index contributed by atoms with van der Waals surface area (Å²) in [5.41, 5.74) is -7.62. The number of hydrogen-bond donors (Lipinski definition) is 1. The molecule has 13 heteroatoms. The van der Waals surface area contributed by atoms with Crippen LogP contribution in [0.3, 0.4) is 0 Å². The van der Waals surface area contributed by atoms with Crippen molar-refractivity contribution in [1.29, 1.82) is 0 Å². The first-order valence-corrected chi connectivity index (χ1v) is 6.53. The number of carbonyl (C=O) groups is 2. The third-order valence-corrected chi connectivity index (χ3v) is 3.08. The first kappa shape index (κ1) is 21.2. The zero-order valence-corrected chi connectivity index (χ0v) is 13.0. The number of anilines is 1. The fraction of sp³-hybridized carbons (Fsp3) is 0.385. The Morgan fingerprint density at radius 3 is 2.08 bits per heavy atom. The molecule has 144 valence electrons. The highest BCUT2D eigenvalue weighted by Crippen LogP contribution is 2.39. The van der Waals surface area contributed by atoms with Crippen LogP contribution in [0.25, 0.3) is 0 Å². The number of halogens is 6. The molecule has 0 aliphatic carbocycles. The smallest absolute Gasteiger partial charge is 0.437 e. The molecule has 0 aliphatic rings. The Morgan fingerprint density at radius 2 is 1.69 bits per heavy atom. The Kier molecular flexibility index (Phi) is 5.54. The lowest BCUT2D eigenvalue weighted by atomic mass is 10.0. The van der Waals surface area contributed by atoms with Crippen LogP contribution in [0.15, 0.2) is 18.2 Å². The third kappa shape index (κ3) is 4.40. The average molecular weight is 388 g/mol. The Bertz CT molecular complexity index is 746. The summed E-state index contributed by atoms with van der Waals surface area (Å²) >= 11 is 0. The topological polar surface area (TPSA) is 98.5 Å². The first-order valence-electron chi connectivity index (χ1n) is 6.53. The zero-order valence-electron chi connectivity index (χ0n) is 13.0. The Labute approximate surface area is 141 Å². The van der Waals surface area contributed by atoms with E-state index in [1.54, 1.807) is 0 Å². The van der Waals surface area contributed by atoms with Gasteiger partial charge in [-0.2, -0.15) is 26.3 Å². The molecule has 1 amide bonds. The molecule has 1 atom stereocenters. The normalized spacial score (nSPS) is 14.3. The fourth-order valence-electron chi connectivity index (χ4n) is 1.77. The number of benzene rings is 1. The van der Waals surface area contributed by atoms with Crippen LogP contribution in [0.1, 0.15) is 19.4 Å². The first-order chi connectivity index (χ1) is 11.6. The van der Waals surface area contributed by atoms with E-state index >= 15 is 0 Å². The molecule has 0 fully saturated rings. The molecule has 0 saturated heterocycles.